The molecule has 1 aliphatic rings. The summed E-state index contributed by atoms with van der Waals surface area (Å²) in [6.45, 7) is 5.87. The summed E-state index contributed by atoms with van der Waals surface area (Å²) in [7, 11) is 0. The van der Waals surface area contributed by atoms with Crippen molar-refractivity contribution in [2.45, 2.75) is 32.6 Å². The third kappa shape index (κ3) is 2.02. The van der Waals surface area contributed by atoms with Crippen LogP contribution in [0.3, 0.4) is 0 Å². The number of rotatable bonds is 3. The van der Waals surface area contributed by atoms with E-state index in [1.165, 1.54) is 31.3 Å². The summed E-state index contributed by atoms with van der Waals surface area (Å²) in [5, 5.41) is 0. The van der Waals surface area contributed by atoms with Crippen molar-refractivity contribution in [2.24, 2.45) is 5.92 Å². The van der Waals surface area contributed by atoms with E-state index < -0.39 is 0 Å². The standard InChI is InChI=1S/C10H16/c1-3-5-9(2)8-10-6-4-7-10/h3,5,10H,1,4,6-8H2,2H3/b9-5+. The molecule has 0 heterocycles. The molecular weight excluding hydrogens is 120 g/mol. The summed E-state index contributed by atoms with van der Waals surface area (Å²) in [4.78, 5) is 0. The molecule has 1 saturated carbocycles. The Morgan fingerprint density at radius 2 is 2.30 bits per heavy atom. The maximum absolute atomic E-state index is 3.68. The van der Waals surface area contributed by atoms with E-state index >= 15 is 0 Å². The van der Waals surface area contributed by atoms with Crippen LogP contribution in [0.4, 0.5) is 0 Å². The van der Waals surface area contributed by atoms with Crippen molar-refractivity contribution in [1.82, 2.24) is 0 Å². The molecule has 0 saturated heterocycles. The van der Waals surface area contributed by atoms with Crippen LogP contribution >= 0.6 is 0 Å². The first-order valence-corrected chi connectivity index (χ1v) is 4.11. The van der Waals surface area contributed by atoms with Crippen molar-refractivity contribution >= 4 is 0 Å². The van der Waals surface area contributed by atoms with E-state index in [1.54, 1.807) is 0 Å². The minimum atomic E-state index is 0.996. The summed E-state index contributed by atoms with van der Waals surface area (Å²) in [6.07, 6.45) is 9.65. The molecule has 0 N–H and O–H groups in total. The minimum Gasteiger partial charge on any atom is -0.0991 e. The molecule has 0 heteroatoms. The number of hydrogen-bond acceptors (Lipinski definition) is 0. The molecule has 0 aromatic rings. The van der Waals surface area contributed by atoms with Crippen LogP contribution in [-0.4, -0.2) is 0 Å². The molecule has 56 valence electrons. The maximum Gasteiger partial charge on any atom is -0.0291 e. The molecule has 0 aliphatic heterocycles. The van der Waals surface area contributed by atoms with Gasteiger partial charge >= 0.3 is 0 Å². The van der Waals surface area contributed by atoms with Gasteiger partial charge in [-0.15, -0.1) is 0 Å². The van der Waals surface area contributed by atoms with E-state index in [0.29, 0.717) is 0 Å². The van der Waals surface area contributed by atoms with E-state index in [9.17, 15) is 0 Å². The lowest BCUT2D eigenvalue weighted by molar-refractivity contribution is 0.314. The maximum atomic E-state index is 3.68. The predicted molar refractivity (Wildman–Crippen MR) is 45.9 cm³/mol. The second-order valence-electron chi connectivity index (χ2n) is 3.25. The number of allylic oxidation sites excluding steroid dienone is 3. The third-order valence-corrected chi connectivity index (χ3v) is 2.24. The SMILES string of the molecule is C=C/C=C(\C)CC1CCC1. The largest absolute Gasteiger partial charge is 0.0991 e. The average molecular weight is 136 g/mol. The molecule has 0 radical (unpaired) electrons. The van der Waals surface area contributed by atoms with Crippen molar-refractivity contribution in [1.29, 1.82) is 0 Å². The van der Waals surface area contributed by atoms with Gasteiger partial charge in [0.25, 0.3) is 0 Å². The predicted octanol–water partition coefficient (Wildman–Crippen LogP) is 3.31. The highest BCUT2D eigenvalue weighted by Crippen LogP contribution is 2.31. The fraction of sp³-hybridized carbons (Fsp3) is 0.600. The second-order valence-corrected chi connectivity index (χ2v) is 3.25. The van der Waals surface area contributed by atoms with Gasteiger partial charge in [0.15, 0.2) is 0 Å². The monoisotopic (exact) mass is 136 g/mol. The fourth-order valence-electron chi connectivity index (χ4n) is 1.42. The van der Waals surface area contributed by atoms with Crippen molar-refractivity contribution in [3.8, 4) is 0 Å². The Balaban J connectivity index is 2.22. The van der Waals surface area contributed by atoms with Crippen LogP contribution in [0.2, 0.25) is 0 Å². The van der Waals surface area contributed by atoms with E-state index in [1.807, 2.05) is 6.08 Å². The van der Waals surface area contributed by atoms with Gasteiger partial charge in [-0.3, -0.25) is 0 Å². The second kappa shape index (κ2) is 3.60. The van der Waals surface area contributed by atoms with E-state index in [-0.39, 0.29) is 0 Å². The molecule has 10 heavy (non-hydrogen) atoms. The van der Waals surface area contributed by atoms with Gasteiger partial charge < -0.3 is 0 Å². The average Bonchev–Trinajstić information content (AvgIpc) is 1.80. The van der Waals surface area contributed by atoms with Gasteiger partial charge in [0, 0.05) is 0 Å². The summed E-state index contributed by atoms with van der Waals surface area (Å²) in [5.41, 5.74) is 1.49. The third-order valence-electron chi connectivity index (χ3n) is 2.24. The van der Waals surface area contributed by atoms with Crippen LogP contribution in [0, 0.1) is 5.92 Å². The lowest BCUT2D eigenvalue weighted by Crippen LogP contribution is -2.10. The molecule has 0 spiro atoms. The van der Waals surface area contributed by atoms with Crippen LogP contribution < -0.4 is 0 Å². The van der Waals surface area contributed by atoms with E-state index in [0.717, 1.165) is 5.92 Å². The molecule has 1 rings (SSSR count). The van der Waals surface area contributed by atoms with Crippen LogP contribution in [-0.2, 0) is 0 Å². The zero-order valence-corrected chi connectivity index (χ0v) is 6.77. The Morgan fingerprint density at radius 3 is 2.70 bits per heavy atom. The first kappa shape index (κ1) is 7.59. The summed E-state index contributed by atoms with van der Waals surface area (Å²) < 4.78 is 0. The highest BCUT2D eigenvalue weighted by atomic mass is 14.2. The quantitative estimate of drug-likeness (QED) is 0.522. The highest BCUT2D eigenvalue weighted by molar-refractivity contribution is 5.08. The molecule has 0 aromatic carbocycles. The first-order valence-electron chi connectivity index (χ1n) is 4.11. The Morgan fingerprint density at radius 1 is 1.60 bits per heavy atom. The molecule has 1 fully saturated rings. The van der Waals surface area contributed by atoms with Gasteiger partial charge in [-0.1, -0.05) is 43.6 Å². The minimum absolute atomic E-state index is 0.996. The zero-order chi connectivity index (χ0) is 7.40. The highest BCUT2D eigenvalue weighted by Gasteiger charge is 2.16. The first-order chi connectivity index (χ1) is 4.83. The Bertz CT molecular complexity index is 138. The Hall–Kier alpha value is -0.520. The van der Waals surface area contributed by atoms with Crippen molar-refractivity contribution < 1.29 is 0 Å². The van der Waals surface area contributed by atoms with Crippen molar-refractivity contribution in [3.05, 3.63) is 24.3 Å². The van der Waals surface area contributed by atoms with E-state index in [2.05, 4.69) is 19.6 Å². The van der Waals surface area contributed by atoms with Crippen LogP contribution in [0.15, 0.2) is 24.3 Å². The topological polar surface area (TPSA) is 0 Å². The number of hydrogen-bond donors (Lipinski definition) is 0. The van der Waals surface area contributed by atoms with Gasteiger partial charge in [0.2, 0.25) is 0 Å². The normalized spacial score (nSPS) is 20.3. The molecule has 0 aromatic heterocycles. The summed E-state index contributed by atoms with van der Waals surface area (Å²) in [6, 6.07) is 0. The summed E-state index contributed by atoms with van der Waals surface area (Å²) in [5.74, 6) is 0.996. The molecule has 0 nitrogen and oxygen atoms in total. The van der Waals surface area contributed by atoms with Crippen molar-refractivity contribution in [2.75, 3.05) is 0 Å². The lowest BCUT2D eigenvalue weighted by Gasteiger charge is -2.25. The van der Waals surface area contributed by atoms with Gasteiger partial charge in [-0.05, 0) is 19.3 Å². The molecular formula is C10H16. The van der Waals surface area contributed by atoms with Crippen molar-refractivity contribution in [3.63, 3.8) is 0 Å². The summed E-state index contributed by atoms with van der Waals surface area (Å²) >= 11 is 0. The Kier molecular flexibility index (Phi) is 2.73. The van der Waals surface area contributed by atoms with Gasteiger partial charge in [-0.2, -0.15) is 0 Å². The molecule has 0 unspecified atom stereocenters. The van der Waals surface area contributed by atoms with Crippen LogP contribution in [0.1, 0.15) is 32.6 Å². The molecule has 0 amide bonds. The smallest absolute Gasteiger partial charge is 0.0291 e. The fourth-order valence-corrected chi connectivity index (χ4v) is 1.42. The van der Waals surface area contributed by atoms with Gasteiger partial charge in [0.05, 0.1) is 0 Å². The zero-order valence-electron chi connectivity index (χ0n) is 6.77. The molecule has 0 bridgehead atoms. The van der Waals surface area contributed by atoms with E-state index in [4.69, 9.17) is 0 Å². The lowest BCUT2D eigenvalue weighted by atomic mass is 9.81. The van der Waals surface area contributed by atoms with Gasteiger partial charge in [0.1, 0.15) is 0 Å². The van der Waals surface area contributed by atoms with Gasteiger partial charge in [-0.25, -0.2) is 0 Å². The Labute approximate surface area is 63.6 Å². The van der Waals surface area contributed by atoms with Crippen LogP contribution in [0.5, 0.6) is 0 Å². The molecule has 1 aliphatic carbocycles. The molecule has 0 atom stereocenters. The van der Waals surface area contributed by atoms with Crippen LogP contribution in [0.25, 0.3) is 0 Å².